The van der Waals surface area contributed by atoms with E-state index in [-0.39, 0.29) is 0 Å². The normalized spacial score (nSPS) is 9.69. The second kappa shape index (κ2) is 20.9. The van der Waals surface area contributed by atoms with Gasteiger partial charge >= 0.3 is 99.2 Å². The zero-order chi connectivity index (χ0) is 20.5. The van der Waals surface area contributed by atoms with Crippen LogP contribution in [0.4, 0.5) is 0 Å². The summed E-state index contributed by atoms with van der Waals surface area (Å²) in [6, 6.07) is 17.4. The average molecular weight is 978 g/mol. The topological polar surface area (TPSA) is 0 Å². The van der Waals surface area contributed by atoms with E-state index in [0.29, 0.717) is 32.0 Å². The molecule has 0 amide bonds. The first-order valence-corrected chi connectivity index (χ1v) is 28.7. The molecule has 0 aliphatic carbocycles. The Labute approximate surface area is 219 Å². The molecule has 0 radical (unpaired) electrons. The average Bonchev–Trinajstić information content (AvgIpc) is 2.58. The maximum atomic E-state index is 2.37. The Morgan fingerprint density at radius 1 is 0.538 bits per heavy atom. The molecule has 152 valence electrons. The summed E-state index contributed by atoms with van der Waals surface area (Å²) in [5.74, 6) is 1.31. The molecule has 0 unspecified atom stereocenters. The first kappa shape index (κ1) is 30.8. The van der Waals surface area contributed by atoms with Crippen LogP contribution in [0.2, 0.25) is 0 Å². The Kier molecular flexibility index (Phi) is 24.7. The summed E-state index contributed by atoms with van der Waals surface area (Å²) in [5, 5.41) is 0. The zero-order valence-electron chi connectivity index (χ0n) is 16.0. The molecule has 0 N–H and O–H groups in total. The molecule has 0 spiro atoms. The van der Waals surface area contributed by atoms with Crippen LogP contribution in [0.5, 0.6) is 0 Å². The van der Waals surface area contributed by atoms with E-state index in [1.54, 1.807) is 0 Å². The molecule has 6 heteroatoms. The van der Waals surface area contributed by atoms with E-state index in [4.69, 9.17) is 0 Å². The number of halogens is 4. The molecule has 0 heterocycles. The second-order valence-electron chi connectivity index (χ2n) is 6.23. The van der Waals surface area contributed by atoms with E-state index in [1.807, 2.05) is 0 Å². The van der Waals surface area contributed by atoms with E-state index < -0.39 is 0 Å². The zero-order valence-corrected chi connectivity index (χ0v) is 28.1. The van der Waals surface area contributed by atoms with Crippen molar-refractivity contribution >= 4 is 79.0 Å². The van der Waals surface area contributed by atoms with Crippen LogP contribution in [0, 0.1) is 13.8 Å². The van der Waals surface area contributed by atoms with Gasteiger partial charge in [0, 0.05) is 0 Å². The van der Waals surface area contributed by atoms with E-state index in [2.05, 4.69) is 169 Å². The molecule has 0 saturated heterocycles. The number of hydrogen-bond donors (Lipinski definition) is 0. The van der Waals surface area contributed by atoms with Gasteiger partial charge in [-0.05, 0) is 36.8 Å². The van der Waals surface area contributed by atoms with Crippen LogP contribution in [0.3, 0.4) is 0 Å². The van der Waals surface area contributed by atoms with Crippen molar-refractivity contribution in [2.75, 3.05) is 0 Å². The SMILES string of the molecule is Cc1ccc(C(C)C)cc1.Cc1ccc(C(C)C)cc1.[I][Ru][I].[I][Ru][I]. The van der Waals surface area contributed by atoms with Gasteiger partial charge < -0.3 is 0 Å². The van der Waals surface area contributed by atoms with Crippen LogP contribution in [0.1, 0.15) is 61.8 Å². The molecule has 0 nitrogen and oxygen atoms in total. The molecule has 2 aromatic rings. The van der Waals surface area contributed by atoms with Crippen molar-refractivity contribution in [1.29, 1.82) is 0 Å². The van der Waals surface area contributed by atoms with Gasteiger partial charge in [0.1, 0.15) is 0 Å². The predicted octanol–water partition coefficient (Wildman–Crippen LogP) is 9.77. The molecule has 0 aliphatic rings. The quantitative estimate of drug-likeness (QED) is 0.208. The van der Waals surface area contributed by atoms with Gasteiger partial charge in [-0.25, -0.2) is 0 Å². The molecule has 0 aliphatic heterocycles. The standard InChI is InChI=1S/2C10H14.4HI.2Ru/c2*1-8(2)10-6-4-9(3)5-7-10;;;;;;/h2*4-8H,1-3H3;4*1H;;/q;;;;;;2*+2/p-4. The van der Waals surface area contributed by atoms with E-state index in [0.717, 1.165) is 0 Å². The summed E-state index contributed by atoms with van der Waals surface area (Å²) in [4.78, 5) is 0. The molecule has 0 saturated carbocycles. The van der Waals surface area contributed by atoms with Gasteiger partial charge in [0.25, 0.3) is 0 Å². The molecular formula is C20H28I4Ru2. The molecular weight excluding hydrogens is 950 g/mol. The molecule has 26 heavy (non-hydrogen) atoms. The third-order valence-electron chi connectivity index (χ3n) is 3.49. The minimum atomic E-state index is 0.650. The number of rotatable bonds is 2. The van der Waals surface area contributed by atoms with Crippen LogP contribution in [0.15, 0.2) is 48.5 Å². The Morgan fingerprint density at radius 3 is 0.885 bits per heavy atom. The summed E-state index contributed by atoms with van der Waals surface area (Å²) in [6.45, 7) is 13.1. The van der Waals surface area contributed by atoms with Crippen LogP contribution < -0.4 is 0 Å². The fraction of sp³-hybridized carbons (Fsp3) is 0.400. The number of hydrogen-bond acceptors (Lipinski definition) is 0. The van der Waals surface area contributed by atoms with E-state index >= 15 is 0 Å². The van der Waals surface area contributed by atoms with Crippen molar-refractivity contribution in [2.24, 2.45) is 0 Å². The molecule has 2 aromatic carbocycles. The van der Waals surface area contributed by atoms with Crippen LogP contribution in [0.25, 0.3) is 0 Å². The molecule has 0 atom stereocenters. The summed E-state index contributed by atoms with van der Waals surface area (Å²) in [7, 11) is 1.30. The Hall–Kier alpha value is 2.61. The first-order chi connectivity index (χ1) is 12.2. The molecule has 0 fully saturated rings. The van der Waals surface area contributed by atoms with Gasteiger partial charge in [-0.15, -0.1) is 0 Å². The first-order valence-electron chi connectivity index (χ1n) is 8.06. The maximum absolute atomic E-state index is 2.37. The summed E-state index contributed by atoms with van der Waals surface area (Å²) < 4.78 is 0. The van der Waals surface area contributed by atoms with Crippen molar-refractivity contribution in [3.8, 4) is 0 Å². The van der Waals surface area contributed by atoms with Crippen LogP contribution in [-0.4, -0.2) is 0 Å². The van der Waals surface area contributed by atoms with E-state index in [9.17, 15) is 0 Å². The van der Waals surface area contributed by atoms with Gasteiger partial charge in [0.15, 0.2) is 0 Å². The summed E-state index contributed by atoms with van der Waals surface area (Å²) >= 11 is 9.46. The fourth-order valence-electron chi connectivity index (χ4n) is 1.90. The summed E-state index contributed by atoms with van der Waals surface area (Å²) in [6.07, 6.45) is 0. The second-order valence-corrected chi connectivity index (χ2v) is 33.0. The van der Waals surface area contributed by atoms with Crippen molar-refractivity contribution in [2.45, 2.75) is 53.4 Å². The Morgan fingerprint density at radius 2 is 0.731 bits per heavy atom. The van der Waals surface area contributed by atoms with Crippen molar-refractivity contribution in [3.05, 3.63) is 70.8 Å². The van der Waals surface area contributed by atoms with Crippen LogP contribution >= 0.6 is 79.0 Å². The summed E-state index contributed by atoms with van der Waals surface area (Å²) in [5.41, 5.74) is 5.52. The predicted molar refractivity (Wildman–Crippen MR) is 147 cm³/mol. The minimum absolute atomic E-state index is 0.650. The fourth-order valence-corrected chi connectivity index (χ4v) is 1.90. The molecule has 0 bridgehead atoms. The van der Waals surface area contributed by atoms with Crippen molar-refractivity contribution < 1.29 is 20.2 Å². The van der Waals surface area contributed by atoms with Gasteiger partial charge in [0.05, 0.1) is 0 Å². The van der Waals surface area contributed by atoms with Gasteiger partial charge in [-0.3, -0.25) is 0 Å². The van der Waals surface area contributed by atoms with Crippen molar-refractivity contribution in [3.63, 3.8) is 0 Å². The monoisotopic (exact) mass is 980 g/mol. The van der Waals surface area contributed by atoms with Gasteiger partial charge in [-0.2, -0.15) is 0 Å². The van der Waals surface area contributed by atoms with Gasteiger partial charge in [-0.1, -0.05) is 87.4 Å². The van der Waals surface area contributed by atoms with Gasteiger partial charge in [0.2, 0.25) is 0 Å². The molecule has 0 aromatic heterocycles. The Balaban J connectivity index is 0. The number of benzene rings is 2. The Bertz CT molecular complexity index is 489. The molecule has 2 rings (SSSR count). The third-order valence-corrected chi connectivity index (χ3v) is 3.49. The third kappa shape index (κ3) is 18.6. The number of aryl methyl sites for hydroxylation is 2. The van der Waals surface area contributed by atoms with E-state index in [1.165, 1.54) is 22.3 Å². The van der Waals surface area contributed by atoms with Crippen molar-refractivity contribution in [1.82, 2.24) is 0 Å². The van der Waals surface area contributed by atoms with Crippen LogP contribution in [-0.2, 0) is 20.2 Å².